The van der Waals surface area contributed by atoms with Crippen molar-refractivity contribution in [2.24, 2.45) is 15.0 Å². The number of halogens is 1. The van der Waals surface area contributed by atoms with Crippen molar-refractivity contribution in [1.82, 2.24) is 14.2 Å². The van der Waals surface area contributed by atoms with Gasteiger partial charge in [0.05, 0.1) is 0 Å². The number of benzene rings is 3. The molecule has 4 bridgehead atoms. The first kappa shape index (κ1) is 18.1. The average molecular weight is 538 g/mol. The average Bonchev–Trinajstić information content (AvgIpc) is 3.49. The Bertz CT molecular complexity index is 1630. The second-order valence-electron chi connectivity index (χ2n) is 8.70. The Morgan fingerprint density at radius 3 is 2.15 bits per heavy atom. The van der Waals surface area contributed by atoms with E-state index in [0.717, 1.165) is 51.0 Å². The molecule has 0 saturated carbocycles. The maximum absolute atomic E-state index is 5.27. The smallest absolute Gasteiger partial charge is 0.347 e. The Labute approximate surface area is 204 Å². The summed E-state index contributed by atoms with van der Waals surface area (Å²) in [5.41, 5.74) is 4.63. The Morgan fingerprint density at radius 2 is 1.36 bits per heavy atom. The number of aliphatic imine (C=N–C) groups is 3. The molecule has 8 heteroatoms. The van der Waals surface area contributed by atoms with E-state index in [1.165, 1.54) is 11.1 Å². The summed E-state index contributed by atoms with van der Waals surface area (Å²) >= 11 is 2.54. The van der Waals surface area contributed by atoms with E-state index in [1.54, 1.807) is 0 Å². The molecule has 1 aromatic heterocycles. The monoisotopic (exact) mass is 538 g/mol. The van der Waals surface area contributed by atoms with Crippen LogP contribution in [-0.2, 0) is 0 Å². The van der Waals surface area contributed by atoms with Gasteiger partial charge in [0.1, 0.15) is 29.5 Å². The molecule has 0 radical (unpaired) electrons. The predicted molar refractivity (Wildman–Crippen MR) is 141 cm³/mol. The van der Waals surface area contributed by atoms with Crippen LogP contribution in [0, 0.1) is 0 Å². The van der Waals surface area contributed by atoms with Crippen LogP contribution in [0.5, 0.6) is 0 Å². The summed E-state index contributed by atoms with van der Waals surface area (Å²) in [5.74, 6) is 4.60. The molecule has 0 spiro atoms. The third kappa shape index (κ3) is 2.13. The van der Waals surface area contributed by atoms with Crippen LogP contribution in [0.1, 0.15) is 28.4 Å². The van der Waals surface area contributed by atoms with Crippen molar-refractivity contribution in [3.8, 4) is 0 Å². The molecule has 1 atom stereocenters. The van der Waals surface area contributed by atoms with Gasteiger partial charge in [0, 0.05) is 40.1 Å². The van der Waals surface area contributed by atoms with Crippen LogP contribution in [0.25, 0.3) is 10.8 Å². The van der Waals surface area contributed by atoms with E-state index in [9.17, 15) is 0 Å². The highest BCUT2D eigenvalue weighted by Crippen LogP contribution is 2.49. The van der Waals surface area contributed by atoms with Gasteiger partial charge in [-0.05, 0) is 0 Å². The van der Waals surface area contributed by atoms with Crippen LogP contribution >= 0.6 is 22.4 Å². The third-order valence-electron chi connectivity index (χ3n) is 7.04. The number of fused-ring (bicyclic) bond motifs is 10. The normalized spacial score (nSPS) is 19.3. The van der Waals surface area contributed by atoms with Gasteiger partial charge in [0.15, 0.2) is 5.84 Å². The lowest BCUT2D eigenvalue weighted by Gasteiger charge is -2.39. The van der Waals surface area contributed by atoms with E-state index < -0.39 is 0 Å². The maximum atomic E-state index is 5.27. The molecule has 0 fully saturated rings. The molecule has 1 unspecified atom stereocenters. The minimum atomic E-state index is -0.0161. The van der Waals surface area contributed by atoms with Crippen molar-refractivity contribution < 1.29 is 0 Å². The highest BCUT2D eigenvalue weighted by Gasteiger charge is 2.49. The van der Waals surface area contributed by atoms with E-state index in [-0.39, 0.29) is 11.0 Å². The SMILES string of the molecule is CN1C2=NC(=Nc3c4ccccc4c4n3B(I)N3C(=N4)c4ccccc4C13)c1ccccc12. The number of hydrogen-bond donors (Lipinski definition) is 0. The highest BCUT2D eigenvalue weighted by molar-refractivity contribution is 14.1. The third-order valence-corrected chi connectivity index (χ3v) is 8.20. The van der Waals surface area contributed by atoms with Crippen molar-refractivity contribution in [1.29, 1.82) is 0 Å². The zero-order valence-electron chi connectivity index (χ0n) is 17.6. The summed E-state index contributed by atoms with van der Waals surface area (Å²) in [6.45, 7) is 0. The lowest BCUT2D eigenvalue weighted by atomic mass is 10.0. The van der Waals surface area contributed by atoms with Gasteiger partial charge in [-0.25, -0.2) is 15.0 Å². The molecule has 0 amide bonds. The van der Waals surface area contributed by atoms with E-state index in [0.29, 0.717) is 0 Å². The molecule has 5 heterocycles. The van der Waals surface area contributed by atoms with Crippen LogP contribution in [0.2, 0.25) is 0 Å². The summed E-state index contributed by atoms with van der Waals surface area (Å²) in [7, 11) is 2.14. The fourth-order valence-electron chi connectivity index (χ4n) is 5.61. The molecule has 4 aliphatic rings. The second kappa shape index (κ2) is 6.14. The molecule has 4 aliphatic heterocycles. The van der Waals surface area contributed by atoms with Crippen molar-refractivity contribution in [2.45, 2.75) is 6.17 Å². The molecule has 4 aromatic rings. The summed E-state index contributed by atoms with van der Waals surface area (Å²) in [5, 5.41) is 2.22. The largest absolute Gasteiger partial charge is 0.459 e. The summed E-state index contributed by atoms with van der Waals surface area (Å²) in [6, 6.07) is 25.5. The number of amidine groups is 3. The number of hydrogen-bond acceptors (Lipinski definition) is 5. The van der Waals surface area contributed by atoms with Crippen molar-refractivity contribution in [3.05, 3.63) is 95.1 Å². The Balaban J connectivity index is 1.57. The Morgan fingerprint density at radius 1 is 0.727 bits per heavy atom. The van der Waals surface area contributed by atoms with E-state index in [2.05, 4.69) is 116 Å². The first-order valence-electron chi connectivity index (χ1n) is 11.0. The van der Waals surface area contributed by atoms with Crippen molar-refractivity contribution >= 4 is 67.1 Å². The van der Waals surface area contributed by atoms with Gasteiger partial charge >= 0.3 is 4.84 Å². The minimum absolute atomic E-state index is 0.0120. The van der Waals surface area contributed by atoms with Gasteiger partial charge in [-0.2, -0.15) is 0 Å². The van der Waals surface area contributed by atoms with Crippen LogP contribution in [0.15, 0.2) is 87.8 Å². The maximum Gasteiger partial charge on any atom is 0.459 e. The quantitative estimate of drug-likeness (QED) is 0.231. The molecule has 0 aliphatic carbocycles. The highest BCUT2D eigenvalue weighted by atomic mass is 127. The first-order valence-corrected chi connectivity index (χ1v) is 12.2. The van der Waals surface area contributed by atoms with Gasteiger partial charge in [0.2, 0.25) is 0 Å². The standard InChI is InChI=1S/C25H16BIN6/c1-31-21-15-9-3-2-8-14(15)20(28-21)29-22-16-10-4-5-11-17(16)23-30-24-18-12-6-7-13-19(18)25(31)33(24)26(27)32(22)23/h2-13,25H,1H3. The van der Waals surface area contributed by atoms with Crippen LogP contribution in [-0.4, -0.2) is 43.6 Å². The summed E-state index contributed by atoms with van der Waals surface area (Å²) in [6.07, 6.45) is -0.0161. The first-order chi connectivity index (χ1) is 16.2. The second-order valence-corrected chi connectivity index (χ2v) is 9.82. The number of nitrogens with zero attached hydrogens (tertiary/aromatic N) is 6. The van der Waals surface area contributed by atoms with Gasteiger partial charge < -0.3 is 14.2 Å². The van der Waals surface area contributed by atoms with Gasteiger partial charge in [-0.15, -0.1) is 0 Å². The molecule has 33 heavy (non-hydrogen) atoms. The molecule has 8 rings (SSSR count). The van der Waals surface area contributed by atoms with Crippen LogP contribution in [0.3, 0.4) is 0 Å². The topological polar surface area (TPSA) is 48.5 Å². The molecule has 0 N–H and O–H groups in total. The van der Waals surface area contributed by atoms with Gasteiger partial charge in [0.25, 0.3) is 0 Å². The predicted octanol–water partition coefficient (Wildman–Crippen LogP) is 5.10. The lowest BCUT2D eigenvalue weighted by Crippen LogP contribution is -2.50. The zero-order chi connectivity index (χ0) is 21.8. The van der Waals surface area contributed by atoms with Crippen LogP contribution in [0.4, 0.5) is 11.6 Å². The lowest BCUT2D eigenvalue weighted by molar-refractivity contribution is 0.274. The van der Waals surface area contributed by atoms with Crippen molar-refractivity contribution in [3.63, 3.8) is 0 Å². The van der Waals surface area contributed by atoms with E-state index >= 15 is 0 Å². The minimum Gasteiger partial charge on any atom is -0.347 e. The zero-order valence-corrected chi connectivity index (χ0v) is 19.8. The Hall–Kier alpha value is -3.40. The van der Waals surface area contributed by atoms with E-state index in [4.69, 9.17) is 15.0 Å². The molecular weight excluding hydrogens is 522 g/mol. The van der Waals surface area contributed by atoms with E-state index in [1.807, 2.05) is 0 Å². The summed E-state index contributed by atoms with van der Waals surface area (Å²) in [4.78, 5) is 20.3. The number of aromatic nitrogens is 1. The van der Waals surface area contributed by atoms with Gasteiger partial charge in [-0.1, -0.05) is 95.2 Å². The fourth-order valence-corrected chi connectivity index (χ4v) is 6.71. The summed E-state index contributed by atoms with van der Waals surface area (Å²) < 4.78 is 2.27. The molecular formula is C25H16BIN6. The van der Waals surface area contributed by atoms with Gasteiger partial charge in [-0.3, -0.25) is 0 Å². The molecule has 0 saturated heterocycles. The number of rotatable bonds is 0. The molecule has 156 valence electrons. The molecule has 3 aromatic carbocycles. The fraction of sp³-hybridized carbons (Fsp3) is 0.0800. The molecule has 6 nitrogen and oxygen atoms in total. The van der Waals surface area contributed by atoms with Crippen LogP contribution < -0.4 is 0 Å². The van der Waals surface area contributed by atoms with Crippen molar-refractivity contribution in [2.75, 3.05) is 7.05 Å². The Kier molecular flexibility index (Phi) is 3.36.